The lowest BCUT2D eigenvalue weighted by molar-refractivity contribution is -0.671. The number of benzene rings is 6. The van der Waals surface area contributed by atoms with Crippen LogP contribution in [0.5, 0.6) is 0 Å². The Morgan fingerprint density at radius 2 is 0.718 bits per heavy atom. The molecule has 20 heterocycles. The van der Waals surface area contributed by atoms with E-state index in [9.17, 15) is 0 Å². The summed E-state index contributed by atoms with van der Waals surface area (Å²) in [7, 11) is 2.13. The summed E-state index contributed by atoms with van der Waals surface area (Å²) in [5, 5.41) is 0. The summed E-state index contributed by atoms with van der Waals surface area (Å²) in [5.41, 5.74) is 32.4. The highest BCUT2D eigenvalue weighted by Crippen LogP contribution is 2.40. The van der Waals surface area contributed by atoms with Crippen molar-refractivity contribution in [1.82, 2.24) is 60.6 Å². The van der Waals surface area contributed by atoms with Gasteiger partial charge in [-0.05, 0) is 133 Å². The van der Waals surface area contributed by atoms with Crippen molar-refractivity contribution < 1.29 is 31.4 Å². The molecule has 26 rings (SSSR count). The van der Waals surface area contributed by atoms with Gasteiger partial charge >= 0.3 is 5.71 Å². The average molecular weight is 1360 g/mol. The van der Waals surface area contributed by atoms with Crippen LogP contribution in [0.3, 0.4) is 0 Å². The molecule has 0 atom stereocenters. The first-order valence-electron chi connectivity index (χ1n) is 35.8. The van der Waals surface area contributed by atoms with Crippen molar-refractivity contribution in [2.45, 2.75) is 32.7 Å². The highest BCUT2D eigenvalue weighted by atomic mass is 32.1. The standard InChI is InChI=1S/C21H15N4.2C16H13N4.C15H10N3O.C15H10N3S/c1-2-7-15(8-3-1)25-19-11-5-4-10-18(19)24-14-23-13-17-16(9-6-12-22-17)20(23)21(24)25;2*1-18-13-6-2-3-7-14(13)20-10-19-9-12-11(5-4-8-17-12)15(19)16(18)20;2*1-2-6-13-12(5-1)18-9-17-8-11-10(4-3-7-16-11)14(17)15(18)19-13/h1-12,14H,13H2;2*2-8,10H,9H2,1H3;2*1-7,9H,8H2/q5*+1/i;1D3;;;. The number of rotatable bonds is 1. The van der Waals surface area contributed by atoms with E-state index >= 15 is 0 Å². The summed E-state index contributed by atoms with van der Waals surface area (Å²) in [4.78, 5) is 23.7. The molecule has 0 saturated heterocycles. The fourth-order valence-electron chi connectivity index (χ4n) is 16.5. The maximum Gasteiger partial charge on any atom is 0.344 e. The smallest absolute Gasteiger partial charge is 0.344 e. The Bertz CT molecular complexity index is 7080. The van der Waals surface area contributed by atoms with Gasteiger partial charge in [0.15, 0.2) is 38.9 Å². The zero-order valence-corrected chi connectivity index (χ0v) is 56.2. The van der Waals surface area contributed by atoms with Crippen LogP contribution in [0.1, 0.15) is 32.6 Å². The second kappa shape index (κ2) is 22.0. The lowest BCUT2D eigenvalue weighted by atomic mass is 10.2. The number of fused-ring (bicyclic) bond motifs is 35. The zero-order valence-electron chi connectivity index (χ0n) is 58.4. The zero-order chi connectivity index (χ0) is 70.2. The molecule has 0 amide bonds. The van der Waals surface area contributed by atoms with Gasteiger partial charge in [-0.1, -0.05) is 90.2 Å². The van der Waals surface area contributed by atoms with Crippen LogP contribution in [0.2, 0.25) is 0 Å². The number of para-hydroxylation sites is 10. The Morgan fingerprint density at radius 1 is 0.340 bits per heavy atom. The first kappa shape index (κ1) is 54.5. The summed E-state index contributed by atoms with van der Waals surface area (Å²) in [6.45, 7) is 1.81. The van der Waals surface area contributed by atoms with Gasteiger partial charge < -0.3 is 13.6 Å². The molecule has 5 aliphatic rings. The number of hydrogen-bond acceptors (Lipinski definition) is 7. The van der Waals surface area contributed by atoms with E-state index in [0.717, 1.165) is 88.2 Å². The first-order valence-corrected chi connectivity index (χ1v) is 35.1. The van der Waals surface area contributed by atoms with Crippen LogP contribution < -0.4 is 22.8 Å². The van der Waals surface area contributed by atoms with Gasteiger partial charge in [0.1, 0.15) is 32.7 Å². The van der Waals surface area contributed by atoms with Gasteiger partial charge in [0.2, 0.25) is 27.6 Å². The van der Waals surface area contributed by atoms with E-state index < -0.39 is 6.98 Å². The van der Waals surface area contributed by atoms with E-state index in [1.54, 1.807) is 6.20 Å². The third-order valence-corrected chi connectivity index (χ3v) is 22.0. The Balaban J connectivity index is 0.0000000830. The summed E-state index contributed by atoms with van der Waals surface area (Å²) >= 11 is 1.85. The van der Waals surface area contributed by atoms with Gasteiger partial charge in [0.25, 0.3) is 48.6 Å². The average Bonchev–Trinajstić information content (AvgIpc) is 1.55. The lowest BCUT2D eigenvalue weighted by Crippen LogP contribution is -2.29. The quantitative estimate of drug-likeness (QED) is 0.150. The molecule has 0 spiro atoms. The SMILES string of the molecule is Cn1c2ccccc2n2c[n+]3c(c12)-c1cccnc1C3.[2H]C([2H])([2H])n1c2ccccc2n2c[n+]3c(c12)-c1cccnc1C3.c1ccc(-n2c3ccccc3n3c[n+]4c(c23)-c2cccnc2C4)cc1.c1cnc2c(c1)-c1c3oc4ccccc4n3c[n+]1C2.c1cnc2c(c1)-c1c3sc4ccccc4n3c[n+]1C2. The van der Waals surface area contributed by atoms with Gasteiger partial charge in [0, 0.05) is 54.8 Å². The number of thiazole rings is 1. The highest BCUT2D eigenvalue weighted by Gasteiger charge is 2.38. The minimum absolute atomic E-state index is 0.669. The third-order valence-electron chi connectivity index (χ3n) is 20.9. The van der Waals surface area contributed by atoms with Crippen LogP contribution in [0, 0.1) is 0 Å². The molecule has 0 aliphatic carbocycles. The Morgan fingerprint density at radius 3 is 1.26 bits per heavy atom. The summed E-state index contributed by atoms with van der Waals surface area (Å²) in [6, 6.07) is 72.4. The van der Waals surface area contributed by atoms with Crippen molar-refractivity contribution in [3.8, 4) is 62.0 Å². The molecule has 0 N–H and O–H groups in total. The Hall–Kier alpha value is -13.5. The van der Waals surface area contributed by atoms with Crippen molar-refractivity contribution in [3.63, 3.8) is 0 Å². The van der Waals surface area contributed by atoms with Crippen molar-refractivity contribution in [2.24, 2.45) is 14.0 Å². The fourth-order valence-corrected chi connectivity index (χ4v) is 17.7. The molecule has 0 unspecified atom stereocenters. The fraction of sp³-hybridized carbons (Fsp3) is 0.0843. The van der Waals surface area contributed by atoms with E-state index in [1.807, 2.05) is 126 Å². The predicted octanol–water partition coefficient (Wildman–Crippen LogP) is 13.1. The molecular formula is C83H61N18OS+5. The first-order chi connectivity index (χ1) is 52.1. The van der Waals surface area contributed by atoms with Crippen LogP contribution in [0.15, 0.2) is 279 Å². The van der Waals surface area contributed by atoms with Crippen LogP contribution >= 0.6 is 11.3 Å². The lowest BCUT2D eigenvalue weighted by Gasteiger charge is -2.04. The van der Waals surface area contributed by atoms with Gasteiger partial charge in [-0.2, -0.15) is 22.0 Å². The molecule has 6 aromatic carbocycles. The monoisotopic (exact) mass is 1360 g/mol. The molecule has 0 radical (unpaired) electrons. The number of imidazole rings is 8. The number of aryl methyl sites for hydroxylation is 2. The number of aromatic nitrogens is 18. The van der Waals surface area contributed by atoms with E-state index in [0.29, 0.717) is 17.7 Å². The van der Waals surface area contributed by atoms with Gasteiger partial charge in [-0.25, -0.2) is 22.8 Å². The van der Waals surface area contributed by atoms with Gasteiger partial charge in [-0.15, -0.1) is 0 Å². The molecule has 19 nitrogen and oxygen atoms in total. The second-order valence-corrected chi connectivity index (χ2v) is 27.6. The summed E-state index contributed by atoms with van der Waals surface area (Å²) < 4.78 is 59.5. The molecule has 103 heavy (non-hydrogen) atoms. The van der Waals surface area contributed by atoms with E-state index in [-0.39, 0.29) is 0 Å². The largest absolute Gasteiger partial charge is 0.415 e. The summed E-state index contributed by atoms with van der Waals surface area (Å²) in [6.07, 6.45) is 19.9. The van der Waals surface area contributed by atoms with Crippen molar-refractivity contribution in [1.29, 1.82) is 0 Å². The Kier molecular flexibility index (Phi) is 11.6. The van der Waals surface area contributed by atoms with Crippen LogP contribution in [-0.4, -0.2) is 60.6 Å². The topological polar surface area (TPSA) is 134 Å². The maximum absolute atomic E-state index is 8.00. The van der Waals surface area contributed by atoms with Crippen LogP contribution in [0.25, 0.3) is 144 Å². The Labute approximate surface area is 594 Å². The second-order valence-electron chi connectivity index (χ2n) is 26.6. The molecule has 490 valence electrons. The predicted molar refractivity (Wildman–Crippen MR) is 395 cm³/mol. The molecule has 21 aromatic rings. The molecule has 20 heteroatoms. The number of nitrogens with zero attached hydrogens (tertiary/aromatic N) is 18. The summed E-state index contributed by atoms with van der Waals surface area (Å²) in [5.74, 6) is 0. The molecule has 0 bridgehead atoms. The van der Waals surface area contributed by atoms with Gasteiger partial charge in [-0.3, -0.25) is 29.5 Å². The van der Waals surface area contributed by atoms with Crippen molar-refractivity contribution in [3.05, 3.63) is 303 Å². The van der Waals surface area contributed by atoms with E-state index in [1.165, 1.54) is 104 Å². The van der Waals surface area contributed by atoms with E-state index in [2.05, 4.69) is 240 Å². The number of oxazole rings is 1. The number of pyridine rings is 5. The maximum atomic E-state index is 8.00. The van der Waals surface area contributed by atoms with Crippen molar-refractivity contribution in [2.75, 3.05) is 0 Å². The van der Waals surface area contributed by atoms with Crippen molar-refractivity contribution >= 4 is 93.2 Å². The van der Waals surface area contributed by atoms with E-state index in [4.69, 9.17) is 8.53 Å². The molecule has 15 aromatic heterocycles. The molecule has 0 saturated carbocycles. The number of hydrogen-bond donors (Lipinski definition) is 0. The van der Waals surface area contributed by atoms with Crippen LogP contribution in [0.4, 0.5) is 0 Å². The molecule has 5 aliphatic heterocycles. The minimum Gasteiger partial charge on any atom is -0.415 e. The minimum atomic E-state index is -2.25. The highest BCUT2D eigenvalue weighted by molar-refractivity contribution is 7.24. The van der Waals surface area contributed by atoms with Gasteiger partial charge in [0.05, 0.1) is 77.5 Å². The molecular weight excluding hydrogens is 1300 g/mol. The van der Waals surface area contributed by atoms with Crippen LogP contribution in [-0.2, 0) is 46.7 Å². The third kappa shape index (κ3) is 8.43. The normalized spacial score (nSPS) is 13.5. The molecule has 0 fully saturated rings.